The highest BCUT2D eigenvalue weighted by atomic mass is 16.4. The SMILES string of the molecule is Cc1cc(=O)oc2cc3occ(C(C)(C)C)c3cc12. The van der Waals surface area contributed by atoms with Crippen LogP contribution in [0.3, 0.4) is 0 Å². The Kier molecular flexibility index (Phi) is 2.36. The number of furan rings is 1. The van der Waals surface area contributed by atoms with Gasteiger partial charge in [-0.1, -0.05) is 20.8 Å². The van der Waals surface area contributed by atoms with Gasteiger partial charge >= 0.3 is 5.63 Å². The molecule has 3 nitrogen and oxygen atoms in total. The first-order chi connectivity index (χ1) is 8.86. The lowest BCUT2D eigenvalue weighted by atomic mass is 9.86. The Balaban J connectivity index is 2.45. The molecule has 19 heavy (non-hydrogen) atoms. The van der Waals surface area contributed by atoms with Crippen molar-refractivity contribution in [1.29, 1.82) is 0 Å². The minimum atomic E-state index is -0.327. The second-order valence-corrected chi connectivity index (χ2v) is 5.99. The minimum absolute atomic E-state index is 0.0163. The Labute approximate surface area is 110 Å². The molecule has 0 spiro atoms. The fraction of sp³-hybridized carbons (Fsp3) is 0.312. The van der Waals surface area contributed by atoms with Crippen molar-refractivity contribution in [3.63, 3.8) is 0 Å². The molecule has 2 heterocycles. The molecule has 0 N–H and O–H groups in total. The van der Waals surface area contributed by atoms with Crippen LogP contribution in [0, 0.1) is 6.92 Å². The Morgan fingerprint density at radius 1 is 1.00 bits per heavy atom. The van der Waals surface area contributed by atoms with E-state index in [0.29, 0.717) is 5.58 Å². The smallest absolute Gasteiger partial charge is 0.336 e. The van der Waals surface area contributed by atoms with Crippen LogP contribution in [0.4, 0.5) is 0 Å². The second kappa shape index (κ2) is 3.73. The molecule has 0 fully saturated rings. The third-order valence-corrected chi connectivity index (χ3v) is 3.45. The lowest BCUT2D eigenvalue weighted by molar-refractivity contribution is 0.552. The van der Waals surface area contributed by atoms with Crippen LogP contribution in [0.25, 0.3) is 21.9 Å². The standard InChI is InChI=1S/C16H16O3/c1-9-5-15(17)19-14-7-13-11(6-10(9)14)12(8-18-13)16(2,3)4/h5-8H,1-4H3. The molecule has 98 valence electrons. The summed E-state index contributed by atoms with van der Waals surface area (Å²) in [6.45, 7) is 8.38. The van der Waals surface area contributed by atoms with E-state index in [2.05, 4.69) is 20.8 Å². The van der Waals surface area contributed by atoms with Gasteiger partial charge < -0.3 is 8.83 Å². The first-order valence-electron chi connectivity index (χ1n) is 6.32. The average Bonchev–Trinajstić information content (AvgIpc) is 2.68. The fourth-order valence-electron chi connectivity index (χ4n) is 2.42. The minimum Gasteiger partial charge on any atom is -0.464 e. The zero-order chi connectivity index (χ0) is 13.8. The van der Waals surface area contributed by atoms with E-state index in [4.69, 9.17) is 8.83 Å². The molecule has 0 amide bonds. The summed E-state index contributed by atoms with van der Waals surface area (Å²) in [5.74, 6) is 0. The quantitative estimate of drug-likeness (QED) is 0.567. The van der Waals surface area contributed by atoms with Gasteiger partial charge in [0.2, 0.25) is 0 Å². The van der Waals surface area contributed by atoms with Crippen LogP contribution in [0.5, 0.6) is 0 Å². The van der Waals surface area contributed by atoms with E-state index >= 15 is 0 Å². The summed E-state index contributed by atoms with van der Waals surface area (Å²) >= 11 is 0. The van der Waals surface area contributed by atoms with Crippen LogP contribution in [0.15, 0.2) is 38.1 Å². The topological polar surface area (TPSA) is 43.4 Å². The summed E-state index contributed by atoms with van der Waals surface area (Å²) in [4.78, 5) is 11.4. The molecule has 0 unspecified atom stereocenters. The molecule has 0 saturated heterocycles. The average molecular weight is 256 g/mol. The van der Waals surface area contributed by atoms with Gasteiger partial charge in [-0.25, -0.2) is 4.79 Å². The van der Waals surface area contributed by atoms with E-state index in [0.717, 1.165) is 27.5 Å². The van der Waals surface area contributed by atoms with Gasteiger partial charge in [-0.15, -0.1) is 0 Å². The number of aryl methyl sites for hydroxylation is 1. The fourth-order valence-corrected chi connectivity index (χ4v) is 2.42. The summed E-state index contributed by atoms with van der Waals surface area (Å²) in [6.07, 6.45) is 1.79. The van der Waals surface area contributed by atoms with Crippen LogP contribution >= 0.6 is 0 Å². The van der Waals surface area contributed by atoms with Crippen molar-refractivity contribution in [1.82, 2.24) is 0 Å². The van der Waals surface area contributed by atoms with Crippen LogP contribution in [0.2, 0.25) is 0 Å². The highest BCUT2D eigenvalue weighted by molar-refractivity contribution is 5.96. The molecule has 3 heteroatoms. The number of rotatable bonds is 0. The van der Waals surface area contributed by atoms with Crippen LogP contribution in [-0.2, 0) is 5.41 Å². The Morgan fingerprint density at radius 3 is 2.42 bits per heavy atom. The lowest BCUT2D eigenvalue weighted by Gasteiger charge is -2.16. The third kappa shape index (κ3) is 1.86. The Morgan fingerprint density at radius 2 is 1.74 bits per heavy atom. The third-order valence-electron chi connectivity index (χ3n) is 3.45. The lowest BCUT2D eigenvalue weighted by Crippen LogP contribution is -2.09. The molecule has 0 aliphatic heterocycles. The van der Waals surface area contributed by atoms with E-state index in [1.165, 1.54) is 6.07 Å². The van der Waals surface area contributed by atoms with Gasteiger partial charge in [0.1, 0.15) is 11.2 Å². The molecule has 0 saturated carbocycles. The molecule has 0 bridgehead atoms. The molecular formula is C16H16O3. The number of fused-ring (bicyclic) bond motifs is 2. The Bertz CT molecular complexity index is 829. The molecule has 3 rings (SSSR count). The van der Waals surface area contributed by atoms with Crippen molar-refractivity contribution in [3.05, 3.63) is 46.0 Å². The Hall–Kier alpha value is -2.03. The van der Waals surface area contributed by atoms with Gasteiger partial charge in [-0.05, 0) is 24.0 Å². The first kappa shape index (κ1) is 12.0. The second-order valence-electron chi connectivity index (χ2n) is 5.99. The monoisotopic (exact) mass is 256 g/mol. The highest BCUT2D eigenvalue weighted by Crippen LogP contribution is 2.34. The number of hydrogen-bond donors (Lipinski definition) is 0. The number of benzene rings is 1. The van der Waals surface area contributed by atoms with Crippen molar-refractivity contribution in [2.45, 2.75) is 33.1 Å². The van der Waals surface area contributed by atoms with Gasteiger partial charge in [0.15, 0.2) is 0 Å². The summed E-state index contributed by atoms with van der Waals surface area (Å²) in [5.41, 5.74) is 3.11. The van der Waals surface area contributed by atoms with Gasteiger partial charge in [0.05, 0.1) is 6.26 Å². The molecule has 0 aliphatic rings. The van der Waals surface area contributed by atoms with Crippen molar-refractivity contribution in [3.8, 4) is 0 Å². The van der Waals surface area contributed by atoms with Crippen LogP contribution < -0.4 is 5.63 Å². The molecule has 0 atom stereocenters. The summed E-state index contributed by atoms with van der Waals surface area (Å²) in [5, 5.41) is 2.04. The maximum atomic E-state index is 11.4. The van der Waals surface area contributed by atoms with Gasteiger partial charge in [0, 0.05) is 28.5 Å². The van der Waals surface area contributed by atoms with Crippen LogP contribution in [0.1, 0.15) is 31.9 Å². The predicted octanol–water partition coefficient (Wildman–Crippen LogP) is 4.15. The maximum absolute atomic E-state index is 11.4. The zero-order valence-electron chi connectivity index (χ0n) is 11.5. The van der Waals surface area contributed by atoms with E-state index in [-0.39, 0.29) is 11.0 Å². The predicted molar refractivity (Wildman–Crippen MR) is 75.7 cm³/mol. The molecule has 0 radical (unpaired) electrons. The summed E-state index contributed by atoms with van der Waals surface area (Å²) in [7, 11) is 0. The normalized spacial score (nSPS) is 12.4. The molecular weight excluding hydrogens is 240 g/mol. The van der Waals surface area contributed by atoms with Crippen LogP contribution in [-0.4, -0.2) is 0 Å². The van der Waals surface area contributed by atoms with E-state index in [9.17, 15) is 4.79 Å². The van der Waals surface area contributed by atoms with Crippen molar-refractivity contribution in [2.24, 2.45) is 0 Å². The molecule has 2 aromatic heterocycles. The van der Waals surface area contributed by atoms with Crippen molar-refractivity contribution < 1.29 is 8.83 Å². The van der Waals surface area contributed by atoms with Gasteiger partial charge in [0.25, 0.3) is 0 Å². The zero-order valence-corrected chi connectivity index (χ0v) is 11.5. The van der Waals surface area contributed by atoms with E-state index in [1.54, 1.807) is 12.3 Å². The largest absolute Gasteiger partial charge is 0.464 e. The first-order valence-corrected chi connectivity index (χ1v) is 6.32. The summed E-state index contributed by atoms with van der Waals surface area (Å²) < 4.78 is 10.8. The number of hydrogen-bond acceptors (Lipinski definition) is 3. The van der Waals surface area contributed by atoms with Crippen molar-refractivity contribution in [2.75, 3.05) is 0 Å². The molecule has 3 aromatic rings. The molecule has 1 aromatic carbocycles. The maximum Gasteiger partial charge on any atom is 0.336 e. The van der Waals surface area contributed by atoms with E-state index < -0.39 is 0 Å². The summed E-state index contributed by atoms with van der Waals surface area (Å²) in [6, 6.07) is 5.37. The highest BCUT2D eigenvalue weighted by Gasteiger charge is 2.20. The van der Waals surface area contributed by atoms with E-state index in [1.807, 2.05) is 13.0 Å². The molecule has 0 aliphatic carbocycles. The van der Waals surface area contributed by atoms with Gasteiger partial charge in [-0.3, -0.25) is 0 Å². The van der Waals surface area contributed by atoms with Crippen molar-refractivity contribution >= 4 is 21.9 Å². The van der Waals surface area contributed by atoms with Gasteiger partial charge in [-0.2, -0.15) is 0 Å².